The zero-order valence-corrected chi connectivity index (χ0v) is 11.3. The number of aromatic nitrogens is 1. The topological polar surface area (TPSA) is 58.9 Å². The van der Waals surface area contributed by atoms with Crippen molar-refractivity contribution in [2.75, 3.05) is 5.75 Å². The number of H-pyrrole nitrogens is 1. The predicted octanol–water partition coefficient (Wildman–Crippen LogP) is 2.18. The van der Waals surface area contributed by atoms with Crippen molar-refractivity contribution in [3.63, 3.8) is 0 Å². The number of rotatable bonds is 4. The molecule has 1 aromatic heterocycles. The van der Waals surface area contributed by atoms with Gasteiger partial charge in [0.15, 0.2) is 0 Å². The molecule has 0 fully saturated rings. The molecule has 0 atom stereocenters. The number of aryl methyl sites for hydroxylation is 2. The van der Waals surface area contributed by atoms with Gasteiger partial charge < -0.3 is 10.7 Å². The third-order valence-electron chi connectivity index (χ3n) is 2.92. The summed E-state index contributed by atoms with van der Waals surface area (Å²) in [6.45, 7) is 0. The average molecular weight is 268 g/mol. The average Bonchev–Trinajstić information content (AvgIpc) is 2.71. The summed E-state index contributed by atoms with van der Waals surface area (Å²) < 4.78 is 0.834. The van der Waals surface area contributed by atoms with Crippen LogP contribution in [0.3, 0.4) is 0 Å². The van der Waals surface area contributed by atoms with Crippen molar-refractivity contribution >= 4 is 34.1 Å². The smallest absolute Gasteiger partial charge is 0.218 e. The Morgan fingerprint density at radius 2 is 2.24 bits per heavy atom. The van der Waals surface area contributed by atoms with Crippen LogP contribution < -0.4 is 5.73 Å². The highest BCUT2D eigenvalue weighted by Gasteiger charge is 2.14. The Balaban J connectivity index is 1.95. The van der Waals surface area contributed by atoms with E-state index in [0.717, 1.165) is 22.7 Å². The SMILES string of the molecule is NC(=O)CCSC(=S)c1cc2c([nH]1)CCCC2. The maximum atomic E-state index is 10.6. The molecule has 1 amide bonds. The summed E-state index contributed by atoms with van der Waals surface area (Å²) in [6, 6.07) is 2.16. The molecule has 3 nitrogen and oxygen atoms in total. The molecule has 0 unspecified atom stereocenters. The van der Waals surface area contributed by atoms with Crippen LogP contribution in [0.15, 0.2) is 6.07 Å². The van der Waals surface area contributed by atoms with Gasteiger partial charge in [-0.15, -0.1) is 11.8 Å². The maximum Gasteiger partial charge on any atom is 0.218 e. The van der Waals surface area contributed by atoms with Gasteiger partial charge in [0, 0.05) is 17.9 Å². The summed E-state index contributed by atoms with van der Waals surface area (Å²) in [5, 5.41) is 0. The zero-order chi connectivity index (χ0) is 12.3. The van der Waals surface area contributed by atoms with Gasteiger partial charge in [-0.25, -0.2) is 0 Å². The molecule has 0 aromatic carbocycles. The highest BCUT2D eigenvalue weighted by atomic mass is 32.2. The van der Waals surface area contributed by atoms with E-state index in [9.17, 15) is 4.79 Å². The third kappa shape index (κ3) is 3.33. The molecule has 5 heteroatoms. The summed E-state index contributed by atoms with van der Waals surface area (Å²) in [6.07, 6.45) is 5.19. The Labute approximate surface area is 111 Å². The van der Waals surface area contributed by atoms with Gasteiger partial charge in [-0.3, -0.25) is 4.79 Å². The van der Waals surface area contributed by atoms with Gasteiger partial charge in [0.1, 0.15) is 0 Å². The van der Waals surface area contributed by atoms with Crippen LogP contribution >= 0.6 is 24.0 Å². The van der Waals surface area contributed by atoms with Gasteiger partial charge >= 0.3 is 0 Å². The van der Waals surface area contributed by atoms with E-state index in [0.29, 0.717) is 12.2 Å². The summed E-state index contributed by atoms with van der Waals surface area (Å²) >= 11 is 6.86. The lowest BCUT2D eigenvalue weighted by Crippen LogP contribution is -2.11. The van der Waals surface area contributed by atoms with E-state index in [1.807, 2.05) is 0 Å². The molecule has 0 aliphatic heterocycles. The van der Waals surface area contributed by atoms with E-state index in [4.69, 9.17) is 18.0 Å². The molecule has 0 spiro atoms. The molecule has 1 aliphatic rings. The zero-order valence-electron chi connectivity index (χ0n) is 9.62. The van der Waals surface area contributed by atoms with Gasteiger partial charge in [-0.1, -0.05) is 12.2 Å². The Kier molecular flexibility index (Phi) is 4.23. The van der Waals surface area contributed by atoms with E-state index in [1.54, 1.807) is 0 Å². The lowest BCUT2D eigenvalue weighted by molar-refractivity contribution is -0.117. The first-order chi connectivity index (χ1) is 8.16. The van der Waals surface area contributed by atoms with Crippen LogP contribution in [-0.2, 0) is 17.6 Å². The Morgan fingerprint density at radius 3 is 2.94 bits per heavy atom. The minimum absolute atomic E-state index is 0.272. The molecule has 0 saturated heterocycles. The largest absolute Gasteiger partial charge is 0.370 e. The number of nitrogens with one attached hydrogen (secondary N) is 1. The fourth-order valence-electron chi connectivity index (χ4n) is 2.04. The van der Waals surface area contributed by atoms with Gasteiger partial charge in [0.05, 0.1) is 9.89 Å². The lowest BCUT2D eigenvalue weighted by atomic mass is 9.98. The summed E-state index contributed by atoms with van der Waals surface area (Å²) in [7, 11) is 0. The van der Waals surface area contributed by atoms with Crippen molar-refractivity contribution in [2.45, 2.75) is 32.1 Å². The quantitative estimate of drug-likeness (QED) is 0.823. The normalized spacial score (nSPS) is 14.4. The molecule has 0 radical (unpaired) electrons. The monoisotopic (exact) mass is 268 g/mol. The second-order valence-electron chi connectivity index (χ2n) is 4.25. The molecule has 1 heterocycles. The van der Waals surface area contributed by atoms with E-state index in [-0.39, 0.29) is 5.91 Å². The number of thiocarbonyl (C=S) groups is 1. The standard InChI is InChI=1S/C12H16N2OS2/c13-11(15)5-6-17-12(16)10-7-8-3-1-2-4-9(8)14-10/h7,14H,1-6H2,(H2,13,15). The number of thioether (sulfide) groups is 1. The van der Waals surface area contributed by atoms with E-state index < -0.39 is 0 Å². The highest BCUT2D eigenvalue weighted by molar-refractivity contribution is 8.23. The number of nitrogens with two attached hydrogens (primary N) is 1. The summed E-state index contributed by atoms with van der Waals surface area (Å²) in [5.41, 5.74) is 8.87. The van der Waals surface area contributed by atoms with E-state index in [2.05, 4.69) is 11.1 Å². The molecule has 3 N–H and O–H groups in total. The van der Waals surface area contributed by atoms with Gasteiger partial charge in [0.2, 0.25) is 5.91 Å². The van der Waals surface area contributed by atoms with Crippen molar-refractivity contribution in [3.8, 4) is 0 Å². The Morgan fingerprint density at radius 1 is 1.47 bits per heavy atom. The third-order valence-corrected chi connectivity index (χ3v) is 4.38. The van der Waals surface area contributed by atoms with Crippen molar-refractivity contribution in [1.82, 2.24) is 4.98 Å². The number of primary amides is 1. The summed E-state index contributed by atoms with van der Waals surface area (Å²) in [4.78, 5) is 14.0. The number of carbonyl (C=O) groups excluding carboxylic acids is 1. The second-order valence-corrected chi connectivity index (χ2v) is 6.02. The highest BCUT2D eigenvalue weighted by Crippen LogP contribution is 2.24. The first-order valence-corrected chi connectivity index (χ1v) is 7.22. The lowest BCUT2D eigenvalue weighted by Gasteiger charge is -2.09. The van der Waals surface area contributed by atoms with Crippen molar-refractivity contribution in [3.05, 3.63) is 23.0 Å². The molecule has 17 heavy (non-hydrogen) atoms. The van der Waals surface area contributed by atoms with Gasteiger partial charge in [-0.05, 0) is 37.3 Å². The van der Waals surface area contributed by atoms with Crippen molar-refractivity contribution in [1.29, 1.82) is 0 Å². The van der Waals surface area contributed by atoms with Gasteiger partial charge in [0.25, 0.3) is 0 Å². The molecule has 0 bridgehead atoms. The number of amides is 1. The predicted molar refractivity (Wildman–Crippen MR) is 75.4 cm³/mol. The number of aromatic amines is 1. The Hall–Kier alpha value is -0.810. The first-order valence-electron chi connectivity index (χ1n) is 5.83. The molecular weight excluding hydrogens is 252 g/mol. The van der Waals surface area contributed by atoms with Crippen LogP contribution in [0, 0.1) is 0 Å². The van der Waals surface area contributed by atoms with Gasteiger partial charge in [-0.2, -0.15) is 0 Å². The number of fused-ring (bicyclic) bond motifs is 1. The minimum atomic E-state index is -0.272. The summed E-state index contributed by atoms with van der Waals surface area (Å²) in [5.74, 6) is 0.392. The maximum absolute atomic E-state index is 10.6. The molecule has 0 saturated carbocycles. The molecule has 1 aliphatic carbocycles. The molecule has 1 aromatic rings. The fraction of sp³-hybridized carbons (Fsp3) is 0.500. The van der Waals surface area contributed by atoms with Crippen LogP contribution in [0.2, 0.25) is 0 Å². The minimum Gasteiger partial charge on any atom is -0.370 e. The molecule has 92 valence electrons. The van der Waals surface area contributed by atoms with Crippen LogP contribution in [-0.4, -0.2) is 20.8 Å². The fourth-order valence-corrected chi connectivity index (χ4v) is 3.15. The second kappa shape index (κ2) is 5.69. The van der Waals surface area contributed by atoms with Crippen LogP contribution in [0.1, 0.15) is 36.2 Å². The van der Waals surface area contributed by atoms with Crippen LogP contribution in [0.25, 0.3) is 0 Å². The van der Waals surface area contributed by atoms with Crippen molar-refractivity contribution in [2.24, 2.45) is 5.73 Å². The van der Waals surface area contributed by atoms with Crippen LogP contribution in [0.5, 0.6) is 0 Å². The Bertz CT molecular complexity index is 416. The van der Waals surface area contributed by atoms with E-state index >= 15 is 0 Å². The van der Waals surface area contributed by atoms with Crippen LogP contribution in [0.4, 0.5) is 0 Å². The first kappa shape index (κ1) is 12.6. The number of carbonyl (C=O) groups is 1. The van der Waals surface area contributed by atoms with E-state index in [1.165, 1.54) is 35.9 Å². The van der Waals surface area contributed by atoms with Crippen molar-refractivity contribution < 1.29 is 4.79 Å². The molecular formula is C12H16N2OS2. The number of hydrogen-bond acceptors (Lipinski definition) is 3. The number of hydrogen-bond donors (Lipinski definition) is 2. The molecule has 2 rings (SSSR count).